The summed E-state index contributed by atoms with van der Waals surface area (Å²) in [6.07, 6.45) is 1.03. The van der Waals surface area contributed by atoms with Crippen molar-refractivity contribution in [3.05, 3.63) is 28.8 Å². The van der Waals surface area contributed by atoms with Crippen LogP contribution in [0.3, 0.4) is 0 Å². The maximum atomic E-state index is 11.7. The molecular formula is C14H19NO3S. The summed E-state index contributed by atoms with van der Waals surface area (Å²) in [5, 5.41) is 11.8. The molecule has 0 spiro atoms. The van der Waals surface area contributed by atoms with E-state index < -0.39 is 5.97 Å². The van der Waals surface area contributed by atoms with Crippen molar-refractivity contribution in [1.82, 2.24) is 0 Å². The van der Waals surface area contributed by atoms with Crippen LogP contribution in [0.15, 0.2) is 12.1 Å². The number of amides is 1. The normalized spacial score (nSPS) is 10.3. The molecule has 1 aromatic rings. The van der Waals surface area contributed by atoms with E-state index in [9.17, 15) is 9.59 Å². The number of carbonyl (C=O) groups excluding carboxylic acids is 1. The van der Waals surface area contributed by atoms with Crippen molar-refractivity contribution in [3.63, 3.8) is 0 Å². The molecule has 0 unspecified atom stereocenters. The first kappa shape index (κ1) is 15.6. The number of thioether (sulfide) groups is 1. The molecule has 0 saturated heterocycles. The Morgan fingerprint density at radius 2 is 1.95 bits per heavy atom. The minimum atomic E-state index is -0.978. The molecule has 2 N–H and O–H groups in total. The molecule has 1 rings (SSSR count). The molecule has 0 aliphatic carbocycles. The van der Waals surface area contributed by atoms with Crippen LogP contribution < -0.4 is 5.32 Å². The highest BCUT2D eigenvalue weighted by atomic mass is 32.2. The molecule has 0 aromatic heterocycles. The zero-order chi connectivity index (χ0) is 14.4. The maximum absolute atomic E-state index is 11.7. The van der Waals surface area contributed by atoms with Crippen molar-refractivity contribution in [2.24, 2.45) is 0 Å². The Morgan fingerprint density at radius 1 is 1.26 bits per heavy atom. The summed E-state index contributed by atoms with van der Waals surface area (Å²) < 4.78 is 0. The van der Waals surface area contributed by atoms with E-state index in [4.69, 9.17) is 5.11 Å². The molecule has 0 fully saturated rings. The number of carbonyl (C=O) groups is 2. The molecule has 1 amide bonds. The van der Waals surface area contributed by atoms with Crippen LogP contribution in [0, 0.1) is 13.8 Å². The molecule has 0 aliphatic heterocycles. The third-order valence-corrected chi connectivity index (χ3v) is 3.82. The SMILES string of the molecule is CCCSCC(=O)Nc1cc(C(=O)O)c(C)cc1C. The van der Waals surface area contributed by atoms with Crippen molar-refractivity contribution < 1.29 is 14.7 Å². The van der Waals surface area contributed by atoms with E-state index in [1.54, 1.807) is 24.8 Å². The topological polar surface area (TPSA) is 66.4 Å². The highest BCUT2D eigenvalue weighted by Crippen LogP contribution is 2.21. The summed E-state index contributed by atoms with van der Waals surface area (Å²) in [6.45, 7) is 5.67. The molecule has 0 radical (unpaired) electrons. The van der Waals surface area contributed by atoms with Gasteiger partial charge in [0.2, 0.25) is 5.91 Å². The van der Waals surface area contributed by atoms with Gasteiger partial charge in [0.05, 0.1) is 11.3 Å². The van der Waals surface area contributed by atoms with E-state index in [0.29, 0.717) is 17.0 Å². The van der Waals surface area contributed by atoms with Crippen LogP contribution in [0.2, 0.25) is 0 Å². The molecule has 4 nitrogen and oxygen atoms in total. The molecular weight excluding hydrogens is 262 g/mol. The van der Waals surface area contributed by atoms with E-state index in [-0.39, 0.29) is 11.5 Å². The zero-order valence-electron chi connectivity index (χ0n) is 11.4. The Bertz CT molecular complexity index is 486. The van der Waals surface area contributed by atoms with E-state index in [0.717, 1.165) is 17.7 Å². The molecule has 1 aromatic carbocycles. The summed E-state index contributed by atoms with van der Waals surface area (Å²) >= 11 is 1.57. The summed E-state index contributed by atoms with van der Waals surface area (Å²) in [5.74, 6) is 0.264. The van der Waals surface area contributed by atoms with Crippen LogP contribution in [0.25, 0.3) is 0 Å². The lowest BCUT2D eigenvalue weighted by molar-refractivity contribution is -0.113. The molecule has 0 aliphatic rings. The number of hydrogen-bond acceptors (Lipinski definition) is 3. The number of carboxylic acids is 1. The summed E-state index contributed by atoms with van der Waals surface area (Å²) in [7, 11) is 0. The van der Waals surface area contributed by atoms with E-state index >= 15 is 0 Å². The summed E-state index contributed by atoms with van der Waals surface area (Å²) in [4.78, 5) is 22.8. The Labute approximate surface area is 117 Å². The van der Waals surface area contributed by atoms with E-state index in [1.807, 2.05) is 6.92 Å². The van der Waals surface area contributed by atoms with Gasteiger partial charge in [-0.15, -0.1) is 0 Å². The average molecular weight is 281 g/mol. The summed E-state index contributed by atoms with van der Waals surface area (Å²) in [5.41, 5.74) is 2.37. The van der Waals surface area contributed by atoms with Gasteiger partial charge in [0.15, 0.2) is 0 Å². The van der Waals surface area contributed by atoms with Crippen molar-refractivity contribution >= 4 is 29.3 Å². The quantitative estimate of drug-likeness (QED) is 0.786. The molecule has 0 bridgehead atoms. The molecule has 0 atom stereocenters. The van der Waals surface area contributed by atoms with Gasteiger partial charge in [-0.25, -0.2) is 4.79 Å². The smallest absolute Gasteiger partial charge is 0.336 e. The van der Waals surface area contributed by atoms with Crippen LogP contribution in [0.1, 0.15) is 34.8 Å². The van der Waals surface area contributed by atoms with Crippen LogP contribution in [-0.2, 0) is 4.79 Å². The fraction of sp³-hybridized carbons (Fsp3) is 0.429. The maximum Gasteiger partial charge on any atom is 0.336 e. The van der Waals surface area contributed by atoms with Gasteiger partial charge in [-0.3, -0.25) is 4.79 Å². The molecule has 19 heavy (non-hydrogen) atoms. The fourth-order valence-corrected chi connectivity index (χ4v) is 2.40. The van der Waals surface area contributed by atoms with Crippen molar-refractivity contribution in [1.29, 1.82) is 0 Å². The van der Waals surface area contributed by atoms with Gasteiger partial charge >= 0.3 is 5.97 Å². The lowest BCUT2D eigenvalue weighted by Gasteiger charge is -2.11. The van der Waals surface area contributed by atoms with Gasteiger partial charge in [0, 0.05) is 5.69 Å². The number of aromatic carboxylic acids is 1. The first-order chi connectivity index (χ1) is 8.95. The molecule has 0 saturated carbocycles. The standard InChI is InChI=1S/C14H19NO3S/c1-4-5-19-8-13(16)15-12-7-11(14(17)18)9(2)6-10(12)3/h6-7H,4-5,8H2,1-3H3,(H,15,16)(H,17,18). The largest absolute Gasteiger partial charge is 0.478 e. The van der Waals surface area contributed by atoms with Gasteiger partial charge in [0.25, 0.3) is 0 Å². The lowest BCUT2D eigenvalue weighted by Crippen LogP contribution is -2.16. The van der Waals surface area contributed by atoms with Crippen LogP contribution in [-0.4, -0.2) is 28.5 Å². The summed E-state index contributed by atoms with van der Waals surface area (Å²) in [6, 6.07) is 3.30. The van der Waals surface area contributed by atoms with Crippen LogP contribution in [0.4, 0.5) is 5.69 Å². The van der Waals surface area contributed by atoms with Crippen molar-refractivity contribution in [2.75, 3.05) is 16.8 Å². The van der Waals surface area contributed by atoms with E-state index in [2.05, 4.69) is 12.2 Å². The second kappa shape index (κ2) is 7.19. The number of rotatable bonds is 6. The van der Waals surface area contributed by atoms with Crippen molar-refractivity contribution in [3.8, 4) is 0 Å². The number of hydrogen-bond donors (Lipinski definition) is 2. The van der Waals surface area contributed by atoms with Gasteiger partial charge in [-0.2, -0.15) is 11.8 Å². The first-order valence-corrected chi connectivity index (χ1v) is 7.33. The number of anilines is 1. The molecule has 5 heteroatoms. The van der Waals surface area contributed by atoms with Gasteiger partial charge in [-0.1, -0.05) is 13.0 Å². The minimum Gasteiger partial charge on any atom is -0.478 e. The number of nitrogens with one attached hydrogen (secondary N) is 1. The predicted octanol–water partition coefficient (Wildman–Crippen LogP) is 3.08. The van der Waals surface area contributed by atoms with E-state index in [1.165, 1.54) is 6.07 Å². The predicted molar refractivity (Wildman–Crippen MR) is 79.1 cm³/mol. The fourth-order valence-electron chi connectivity index (χ4n) is 1.71. The third-order valence-electron chi connectivity index (χ3n) is 2.66. The average Bonchev–Trinajstić information content (AvgIpc) is 2.32. The Kier molecular flexibility index (Phi) is 5.89. The Morgan fingerprint density at radius 3 is 2.53 bits per heavy atom. The molecule has 0 heterocycles. The Hall–Kier alpha value is -1.49. The minimum absolute atomic E-state index is 0.0956. The third kappa shape index (κ3) is 4.59. The monoisotopic (exact) mass is 281 g/mol. The highest BCUT2D eigenvalue weighted by molar-refractivity contribution is 7.99. The van der Waals surface area contributed by atoms with Gasteiger partial charge in [-0.05, 0) is 43.2 Å². The zero-order valence-corrected chi connectivity index (χ0v) is 12.3. The highest BCUT2D eigenvalue weighted by Gasteiger charge is 2.12. The Balaban J connectivity index is 2.80. The number of benzene rings is 1. The number of carboxylic acid groups (broad SMARTS) is 1. The second-order valence-corrected chi connectivity index (χ2v) is 5.49. The van der Waals surface area contributed by atoms with Crippen LogP contribution >= 0.6 is 11.8 Å². The second-order valence-electron chi connectivity index (χ2n) is 4.39. The molecule has 104 valence electrons. The van der Waals surface area contributed by atoms with Gasteiger partial charge in [0.1, 0.15) is 0 Å². The first-order valence-electron chi connectivity index (χ1n) is 6.17. The van der Waals surface area contributed by atoms with Crippen LogP contribution in [0.5, 0.6) is 0 Å². The number of aryl methyl sites for hydroxylation is 2. The van der Waals surface area contributed by atoms with Crippen molar-refractivity contribution in [2.45, 2.75) is 27.2 Å². The van der Waals surface area contributed by atoms with Gasteiger partial charge < -0.3 is 10.4 Å². The lowest BCUT2D eigenvalue weighted by atomic mass is 10.0.